The van der Waals surface area contributed by atoms with Crippen LogP contribution in [-0.4, -0.2) is 18.0 Å². The molecular formula is C18H24N2O. The summed E-state index contributed by atoms with van der Waals surface area (Å²) in [6.07, 6.45) is 5.78. The van der Waals surface area contributed by atoms with E-state index in [-0.39, 0.29) is 11.4 Å². The van der Waals surface area contributed by atoms with Crippen LogP contribution in [0.5, 0.6) is 0 Å². The number of nitrogens with one attached hydrogen (secondary N) is 1. The van der Waals surface area contributed by atoms with Gasteiger partial charge in [0.2, 0.25) is 0 Å². The summed E-state index contributed by atoms with van der Waals surface area (Å²) in [4.78, 5) is 12.6. The molecule has 1 aliphatic rings. The fourth-order valence-electron chi connectivity index (χ4n) is 2.96. The lowest BCUT2D eigenvalue weighted by atomic mass is 9.83. The first-order chi connectivity index (χ1) is 10.1. The zero-order chi connectivity index (χ0) is 15.3. The van der Waals surface area contributed by atoms with E-state index in [4.69, 9.17) is 5.73 Å². The van der Waals surface area contributed by atoms with Crippen LogP contribution in [0.15, 0.2) is 18.2 Å². The molecule has 0 unspecified atom stereocenters. The number of hydrogen-bond acceptors (Lipinski definition) is 2. The maximum absolute atomic E-state index is 12.6. The second-order valence-corrected chi connectivity index (χ2v) is 6.06. The van der Waals surface area contributed by atoms with E-state index in [1.54, 1.807) is 0 Å². The molecule has 3 heteroatoms. The van der Waals surface area contributed by atoms with Crippen molar-refractivity contribution in [2.45, 2.75) is 51.5 Å². The quantitative estimate of drug-likeness (QED) is 0.821. The highest BCUT2D eigenvalue weighted by molar-refractivity contribution is 5.96. The molecule has 0 heterocycles. The van der Waals surface area contributed by atoms with Gasteiger partial charge in [0.1, 0.15) is 0 Å². The summed E-state index contributed by atoms with van der Waals surface area (Å²) < 4.78 is 0. The third-order valence-corrected chi connectivity index (χ3v) is 4.28. The SMILES string of the molecule is Cc1c(C#CCN)cccc1C(=O)NC1(C)CCCCC1. The molecule has 1 amide bonds. The maximum atomic E-state index is 12.6. The Kier molecular flexibility index (Phi) is 5.03. The molecule has 21 heavy (non-hydrogen) atoms. The lowest BCUT2D eigenvalue weighted by molar-refractivity contribution is 0.0882. The maximum Gasteiger partial charge on any atom is 0.252 e. The summed E-state index contributed by atoms with van der Waals surface area (Å²) in [5.41, 5.74) is 7.86. The minimum Gasteiger partial charge on any atom is -0.347 e. The second-order valence-electron chi connectivity index (χ2n) is 6.06. The predicted molar refractivity (Wildman–Crippen MR) is 86.1 cm³/mol. The fourth-order valence-corrected chi connectivity index (χ4v) is 2.96. The van der Waals surface area contributed by atoms with E-state index in [1.165, 1.54) is 19.3 Å². The van der Waals surface area contributed by atoms with Gasteiger partial charge in [-0.05, 0) is 44.4 Å². The van der Waals surface area contributed by atoms with E-state index in [2.05, 4.69) is 24.1 Å². The third kappa shape index (κ3) is 3.86. The van der Waals surface area contributed by atoms with Crippen molar-refractivity contribution in [1.29, 1.82) is 0 Å². The number of benzene rings is 1. The summed E-state index contributed by atoms with van der Waals surface area (Å²) in [5, 5.41) is 3.22. The average Bonchev–Trinajstić information content (AvgIpc) is 2.46. The van der Waals surface area contributed by atoms with Gasteiger partial charge in [0.25, 0.3) is 5.91 Å². The molecule has 3 N–H and O–H groups in total. The van der Waals surface area contributed by atoms with Crippen molar-refractivity contribution < 1.29 is 4.79 Å². The zero-order valence-electron chi connectivity index (χ0n) is 13.0. The Labute approximate surface area is 127 Å². The van der Waals surface area contributed by atoms with Crippen LogP contribution in [0, 0.1) is 18.8 Å². The molecule has 0 spiro atoms. The Morgan fingerprint density at radius 1 is 1.33 bits per heavy atom. The molecule has 112 valence electrons. The van der Waals surface area contributed by atoms with Crippen molar-refractivity contribution in [2.24, 2.45) is 5.73 Å². The van der Waals surface area contributed by atoms with Gasteiger partial charge in [-0.15, -0.1) is 0 Å². The highest BCUT2D eigenvalue weighted by Crippen LogP contribution is 2.28. The Bertz CT molecular complexity index is 575. The fraction of sp³-hybridized carbons (Fsp3) is 0.500. The van der Waals surface area contributed by atoms with Crippen LogP contribution < -0.4 is 11.1 Å². The van der Waals surface area contributed by atoms with Crippen molar-refractivity contribution in [3.8, 4) is 11.8 Å². The predicted octanol–water partition coefficient (Wildman–Crippen LogP) is 2.76. The standard InChI is InChI=1S/C18H24N2O/c1-14-15(9-7-13-19)8-6-10-16(14)17(21)20-18(2)11-4-3-5-12-18/h6,8,10H,3-5,11-13,19H2,1-2H3,(H,20,21). The van der Waals surface area contributed by atoms with Crippen molar-refractivity contribution in [3.63, 3.8) is 0 Å². The van der Waals surface area contributed by atoms with Crippen molar-refractivity contribution >= 4 is 5.91 Å². The number of amides is 1. The van der Waals surface area contributed by atoms with Crippen molar-refractivity contribution in [2.75, 3.05) is 6.54 Å². The van der Waals surface area contributed by atoms with Gasteiger partial charge in [-0.3, -0.25) is 4.79 Å². The van der Waals surface area contributed by atoms with E-state index in [1.807, 2.05) is 25.1 Å². The monoisotopic (exact) mass is 284 g/mol. The van der Waals surface area contributed by atoms with Gasteiger partial charge in [-0.1, -0.05) is 37.2 Å². The Balaban J connectivity index is 2.19. The third-order valence-electron chi connectivity index (χ3n) is 4.28. The Morgan fingerprint density at radius 3 is 2.71 bits per heavy atom. The first-order valence-electron chi connectivity index (χ1n) is 7.67. The van der Waals surface area contributed by atoms with Crippen LogP contribution in [0.1, 0.15) is 60.5 Å². The Hall–Kier alpha value is -1.79. The molecule has 0 aromatic heterocycles. The number of nitrogens with two attached hydrogens (primary N) is 1. The molecule has 2 rings (SSSR count). The van der Waals surface area contributed by atoms with Crippen LogP contribution in [0.4, 0.5) is 0 Å². The molecule has 1 fully saturated rings. The summed E-state index contributed by atoms with van der Waals surface area (Å²) >= 11 is 0. The molecule has 0 radical (unpaired) electrons. The number of carbonyl (C=O) groups excluding carboxylic acids is 1. The molecule has 1 aliphatic carbocycles. The molecule has 1 aromatic rings. The lowest BCUT2D eigenvalue weighted by Crippen LogP contribution is -2.47. The average molecular weight is 284 g/mol. The van der Waals surface area contributed by atoms with Gasteiger partial charge >= 0.3 is 0 Å². The van der Waals surface area contributed by atoms with Crippen LogP contribution in [0.25, 0.3) is 0 Å². The molecule has 0 saturated heterocycles. The van der Waals surface area contributed by atoms with E-state index in [9.17, 15) is 4.79 Å². The molecule has 1 aromatic carbocycles. The zero-order valence-corrected chi connectivity index (χ0v) is 13.0. The van der Waals surface area contributed by atoms with Gasteiger partial charge in [0, 0.05) is 16.7 Å². The van der Waals surface area contributed by atoms with E-state index < -0.39 is 0 Å². The van der Waals surface area contributed by atoms with Gasteiger partial charge in [-0.2, -0.15) is 0 Å². The van der Waals surface area contributed by atoms with E-state index in [0.29, 0.717) is 12.1 Å². The second kappa shape index (κ2) is 6.78. The van der Waals surface area contributed by atoms with Gasteiger partial charge in [0.05, 0.1) is 6.54 Å². The van der Waals surface area contributed by atoms with Gasteiger partial charge in [0.15, 0.2) is 0 Å². The summed E-state index contributed by atoms with van der Waals surface area (Å²) in [5.74, 6) is 5.88. The van der Waals surface area contributed by atoms with Crippen LogP contribution in [0.2, 0.25) is 0 Å². The number of carbonyl (C=O) groups is 1. The molecule has 0 bridgehead atoms. The normalized spacial score (nSPS) is 16.7. The van der Waals surface area contributed by atoms with Crippen LogP contribution in [-0.2, 0) is 0 Å². The van der Waals surface area contributed by atoms with Crippen LogP contribution in [0.3, 0.4) is 0 Å². The highest BCUT2D eigenvalue weighted by atomic mass is 16.1. The van der Waals surface area contributed by atoms with E-state index in [0.717, 1.165) is 24.0 Å². The molecule has 1 saturated carbocycles. The number of hydrogen-bond donors (Lipinski definition) is 2. The summed E-state index contributed by atoms with van der Waals surface area (Å²) in [6.45, 7) is 4.42. The minimum absolute atomic E-state index is 0.00768. The first-order valence-corrected chi connectivity index (χ1v) is 7.67. The lowest BCUT2D eigenvalue weighted by Gasteiger charge is -2.34. The highest BCUT2D eigenvalue weighted by Gasteiger charge is 2.29. The number of rotatable bonds is 2. The molecule has 3 nitrogen and oxygen atoms in total. The van der Waals surface area contributed by atoms with Gasteiger partial charge in [-0.25, -0.2) is 0 Å². The largest absolute Gasteiger partial charge is 0.347 e. The smallest absolute Gasteiger partial charge is 0.252 e. The van der Waals surface area contributed by atoms with Gasteiger partial charge < -0.3 is 11.1 Å². The molecular weight excluding hydrogens is 260 g/mol. The summed E-state index contributed by atoms with van der Waals surface area (Å²) in [6, 6.07) is 5.67. The molecule has 0 aliphatic heterocycles. The Morgan fingerprint density at radius 2 is 2.05 bits per heavy atom. The topological polar surface area (TPSA) is 55.1 Å². The van der Waals surface area contributed by atoms with Crippen LogP contribution >= 0.6 is 0 Å². The summed E-state index contributed by atoms with van der Waals surface area (Å²) in [7, 11) is 0. The first kappa shape index (κ1) is 15.6. The van der Waals surface area contributed by atoms with Crippen molar-refractivity contribution in [1.82, 2.24) is 5.32 Å². The molecule has 0 atom stereocenters. The van der Waals surface area contributed by atoms with E-state index >= 15 is 0 Å². The van der Waals surface area contributed by atoms with Crippen molar-refractivity contribution in [3.05, 3.63) is 34.9 Å². The minimum atomic E-state index is -0.0687.